The van der Waals surface area contributed by atoms with Gasteiger partial charge in [-0.3, -0.25) is 4.99 Å². The first-order valence-corrected chi connectivity index (χ1v) is 9.33. The fourth-order valence-electron chi connectivity index (χ4n) is 3.48. The summed E-state index contributed by atoms with van der Waals surface area (Å²) in [6.45, 7) is 10.1. The number of fused-ring (bicyclic) bond motifs is 1. The van der Waals surface area contributed by atoms with E-state index in [1.165, 1.54) is 11.1 Å². The lowest BCUT2D eigenvalue weighted by Gasteiger charge is -2.24. The summed E-state index contributed by atoms with van der Waals surface area (Å²) in [6.07, 6.45) is 3.04. The molecule has 1 unspecified atom stereocenters. The fraction of sp³-hybridized carbons (Fsp3) is 0.450. The minimum absolute atomic E-state index is 0.440. The van der Waals surface area contributed by atoms with Crippen LogP contribution in [0.4, 0.5) is 17.5 Å². The third-order valence-electron chi connectivity index (χ3n) is 5.15. The zero-order chi connectivity index (χ0) is 18.1. The molecule has 0 saturated carbocycles. The molecular formula is C20H26N6. The maximum absolute atomic E-state index is 4.86. The SMILES string of the molecule is Cc1nc(N2CCCNC(C)C2)nc(Nc2ccc3c(c2)C=NC3)c1C. The van der Waals surface area contributed by atoms with Gasteiger partial charge >= 0.3 is 0 Å². The van der Waals surface area contributed by atoms with Gasteiger partial charge in [0.05, 0.1) is 6.54 Å². The number of hydrogen-bond acceptors (Lipinski definition) is 6. The molecule has 1 aromatic heterocycles. The number of aromatic nitrogens is 2. The van der Waals surface area contributed by atoms with Crippen LogP contribution in [0.5, 0.6) is 0 Å². The van der Waals surface area contributed by atoms with Gasteiger partial charge in [0, 0.05) is 42.3 Å². The molecule has 6 nitrogen and oxygen atoms in total. The van der Waals surface area contributed by atoms with E-state index >= 15 is 0 Å². The molecular weight excluding hydrogens is 324 g/mol. The van der Waals surface area contributed by atoms with Gasteiger partial charge in [-0.05, 0) is 57.0 Å². The predicted molar refractivity (Wildman–Crippen MR) is 107 cm³/mol. The molecule has 0 amide bonds. The van der Waals surface area contributed by atoms with Gasteiger partial charge in [0.2, 0.25) is 5.95 Å². The molecule has 4 rings (SSSR count). The maximum atomic E-state index is 4.86. The first kappa shape index (κ1) is 17.0. The van der Waals surface area contributed by atoms with Gasteiger partial charge in [0.15, 0.2) is 0 Å². The molecule has 1 saturated heterocycles. The van der Waals surface area contributed by atoms with Crippen molar-refractivity contribution in [2.75, 3.05) is 29.9 Å². The van der Waals surface area contributed by atoms with Crippen LogP contribution in [0.3, 0.4) is 0 Å². The largest absolute Gasteiger partial charge is 0.340 e. The number of aryl methyl sites for hydroxylation is 1. The van der Waals surface area contributed by atoms with Crippen LogP contribution in [0, 0.1) is 13.8 Å². The predicted octanol–water partition coefficient (Wildman–Crippen LogP) is 2.96. The molecule has 3 heterocycles. The quantitative estimate of drug-likeness (QED) is 0.891. The zero-order valence-electron chi connectivity index (χ0n) is 15.7. The van der Waals surface area contributed by atoms with Crippen LogP contribution in [-0.4, -0.2) is 41.9 Å². The normalized spacial score (nSPS) is 19.3. The van der Waals surface area contributed by atoms with Crippen LogP contribution in [-0.2, 0) is 6.54 Å². The molecule has 2 aliphatic heterocycles. The maximum Gasteiger partial charge on any atom is 0.227 e. The summed E-state index contributed by atoms with van der Waals surface area (Å²) in [5, 5.41) is 7.02. The molecule has 2 aromatic rings. The first-order chi connectivity index (χ1) is 12.6. The second kappa shape index (κ2) is 7.03. The lowest BCUT2D eigenvalue weighted by atomic mass is 10.1. The zero-order valence-corrected chi connectivity index (χ0v) is 15.7. The summed E-state index contributed by atoms with van der Waals surface area (Å²) in [4.78, 5) is 16.2. The molecule has 2 aliphatic rings. The summed E-state index contributed by atoms with van der Waals surface area (Å²) >= 11 is 0. The minimum Gasteiger partial charge on any atom is -0.340 e. The van der Waals surface area contributed by atoms with Crippen molar-refractivity contribution in [3.63, 3.8) is 0 Å². The number of nitrogens with zero attached hydrogens (tertiary/aromatic N) is 4. The molecule has 0 spiro atoms. The first-order valence-electron chi connectivity index (χ1n) is 9.33. The highest BCUT2D eigenvalue weighted by Gasteiger charge is 2.19. The molecule has 136 valence electrons. The molecule has 0 radical (unpaired) electrons. The summed E-state index contributed by atoms with van der Waals surface area (Å²) in [7, 11) is 0. The van der Waals surface area contributed by atoms with E-state index in [0.717, 1.165) is 61.3 Å². The van der Waals surface area contributed by atoms with Gasteiger partial charge in [-0.1, -0.05) is 6.07 Å². The Morgan fingerprint density at radius 1 is 1.23 bits per heavy atom. The Bertz CT molecular complexity index is 844. The Morgan fingerprint density at radius 2 is 2.12 bits per heavy atom. The summed E-state index contributed by atoms with van der Waals surface area (Å²) < 4.78 is 0. The molecule has 1 atom stereocenters. The monoisotopic (exact) mass is 350 g/mol. The Hall–Kier alpha value is -2.47. The van der Waals surface area contributed by atoms with E-state index in [1.807, 2.05) is 6.21 Å². The molecule has 1 aromatic carbocycles. The van der Waals surface area contributed by atoms with Crippen LogP contribution in [0.25, 0.3) is 0 Å². The molecule has 0 aliphatic carbocycles. The van der Waals surface area contributed by atoms with E-state index in [2.05, 4.69) is 59.5 Å². The Balaban J connectivity index is 1.63. The Morgan fingerprint density at radius 3 is 3.00 bits per heavy atom. The van der Waals surface area contributed by atoms with E-state index in [9.17, 15) is 0 Å². The van der Waals surface area contributed by atoms with Gasteiger partial charge in [0.25, 0.3) is 0 Å². The highest BCUT2D eigenvalue weighted by Crippen LogP contribution is 2.26. The number of aliphatic imine (C=N–C) groups is 1. The second-order valence-corrected chi connectivity index (χ2v) is 7.25. The van der Waals surface area contributed by atoms with Crippen molar-refractivity contribution in [3.05, 3.63) is 40.6 Å². The summed E-state index contributed by atoms with van der Waals surface area (Å²) in [5.41, 5.74) is 5.60. The number of hydrogen-bond donors (Lipinski definition) is 2. The highest BCUT2D eigenvalue weighted by molar-refractivity contribution is 5.86. The van der Waals surface area contributed by atoms with Crippen molar-refractivity contribution >= 4 is 23.7 Å². The summed E-state index contributed by atoms with van der Waals surface area (Å²) in [6, 6.07) is 6.81. The van der Waals surface area contributed by atoms with Crippen LogP contribution in [0.2, 0.25) is 0 Å². The van der Waals surface area contributed by atoms with Crippen molar-refractivity contribution in [1.29, 1.82) is 0 Å². The van der Waals surface area contributed by atoms with E-state index < -0.39 is 0 Å². The third kappa shape index (κ3) is 3.42. The smallest absolute Gasteiger partial charge is 0.227 e. The Labute approximate surface area is 154 Å². The number of rotatable bonds is 3. The van der Waals surface area contributed by atoms with Crippen LogP contribution >= 0.6 is 0 Å². The van der Waals surface area contributed by atoms with Crippen molar-refractivity contribution in [2.45, 2.75) is 39.8 Å². The van der Waals surface area contributed by atoms with Crippen molar-refractivity contribution in [3.8, 4) is 0 Å². The lowest BCUT2D eigenvalue weighted by molar-refractivity contribution is 0.582. The van der Waals surface area contributed by atoms with Crippen LogP contribution in [0.15, 0.2) is 23.2 Å². The van der Waals surface area contributed by atoms with E-state index in [-0.39, 0.29) is 0 Å². The van der Waals surface area contributed by atoms with Crippen molar-refractivity contribution in [2.24, 2.45) is 4.99 Å². The van der Waals surface area contributed by atoms with Gasteiger partial charge in [-0.25, -0.2) is 4.98 Å². The fourth-order valence-corrected chi connectivity index (χ4v) is 3.48. The molecule has 6 heteroatoms. The van der Waals surface area contributed by atoms with E-state index in [4.69, 9.17) is 9.97 Å². The molecule has 1 fully saturated rings. The number of anilines is 3. The average molecular weight is 350 g/mol. The standard InChI is InChI=1S/C20H26N6/c1-13-12-26(8-4-7-22-13)20-23-15(3)14(2)19(25-20)24-18-6-5-16-10-21-11-17(16)9-18/h5-6,9,11,13,22H,4,7-8,10,12H2,1-3H3,(H,23,24,25). The number of benzene rings is 1. The minimum atomic E-state index is 0.440. The Kier molecular flexibility index (Phi) is 4.59. The third-order valence-corrected chi connectivity index (χ3v) is 5.15. The average Bonchev–Trinajstić information content (AvgIpc) is 2.98. The van der Waals surface area contributed by atoms with Crippen LogP contribution in [0.1, 0.15) is 35.7 Å². The van der Waals surface area contributed by atoms with Gasteiger partial charge < -0.3 is 15.5 Å². The van der Waals surface area contributed by atoms with Crippen molar-refractivity contribution in [1.82, 2.24) is 15.3 Å². The lowest BCUT2D eigenvalue weighted by Crippen LogP contribution is -2.36. The van der Waals surface area contributed by atoms with Gasteiger partial charge in [-0.2, -0.15) is 4.98 Å². The molecule has 2 N–H and O–H groups in total. The topological polar surface area (TPSA) is 65.4 Å². The highest BCUT2D eigenvalue weighted by atomic mass is 15.3. The molecule has 0 bridgehead atoms. The second-order valence-electron chi connectivity index (χ2n) is 7.25. The summed E-state index contributed by atoms with van der Waals surface area (Å²) in [5.74, 6) is 1.70. The van der Waals surface area contributed by atoms with Crippen molar-refractivity contribution < 1.29 is 0 Å². The van der Waals surface area contributed by atoms with E-state index in [0.29, 0.717) is 6.04 Å². The molecule has 26 heavy (non-hydrogen) atoms. The van der Waals surface area contributed by atoms with Gasteiger partial charge in [-0.15, -0.1) is 0 Å². The van der Waals surface area contributed by atoms with E-state index in [1.54, 1.807) is 0 Å². The number of nitrogens with one attached hydrogen (secondary N) is 2. The van der Waals surface area contributed by atoms with Crippen LogP contribution < -0.4 is 15.5 Å². The van der Waals surface area contributed by atoms with Gasteiger partial charge in [0.1, 0.15) is 5.82 Å².